The Bertz CT molecular complexity index is 167. The zero-order valence-electron chi connectivity index (χ0n) is 5.16. The summed E-state index contributed by atoms with van der Waals surface area (Å²) < 4.78 is 24.3. The Morgan fingerprint density at radius 2 is 1.90 bits per heavy atom. The van der Waals surface area contributed by atoms with Crippen molar-refractivity contribution in [3.63, 3.8) is 0 Å². The first-order valence-electron chi connectivity index (χ1n) is 2.41. The molecule has 0 aliphatic heterocycles. The molecule has 0 bridgehead atoms. The predicted octanol–water partition coefficient (Wildman–Crippen LogP) is 1.02. The summed E-state index contributed by atoms with van der Waals surface area (Å²) in [6.45, 7) is 0.643. The molecular weight excluding hydrogens is 166 g/mol. The van der Waals surface area contributed by atoms with Gasteiger partial charge in [-0.15, -0.1) is 11.6 Å². The monoisotopic (exact) mass is 170 g/mol. The molecular formula is C5H5ClF2O2. The average Bonchev–Trinajstić information content (AvgIpc) is 1.86. The quantitative estimate of drug-likeness (QED) is 0.468. The van der Waals surface area contributed by atoms with Crippen molar-refractivity contribution in [1.29, 1.82) is 0 Å². The first-order valence-corrected chi connectivity index (χ1v) is 2.94. The molecule has 0 heterocycles. The van der Waals surface area contributed by atoms with E-state index in [1.807, 2.05) is 0 Å². The SMILES string of the molecule is CC(=O)C(F)(F)C(=O)CCl. The van der Waals surface area contributed by atoms with Crippen LogP contribution in [0.1, 0.15) is 6.92 Å². The van der Waals surface area contributed by atoms with E-state index in [1.165, 1.54) is 0 Å². The summed E-state index contributed by atoms with van der Waals surface area (Å²) in [5.74, 6) is -7.77. The van der Waals surface area contributed by atoms with Crippen LogP contribution in [-0.4, -0.2) is 23.4 Å². The van der Waals surface area contributed by atoms with Crippen LogP contribution in [0.2, 0.25) is 0 Å². The summed E-state index contributed by atoms with van der Waals surface area (Å²) in [6.07, 6.45) is 0. The fraction of sp³-hybridized carbons (Fsp3) is 0.600. The van der Waals surface area contributed by atoms with Gasteiger partial charge in [0.2, 0.25) is 11.6 Å². The lowest BCUT2D eigenvalue weighted by Gasteiger charge is -2.07. The van der Waals surface area contributed by atoms with Gasteiger partial charge in [0.25, 0.3) is 0 Å². The maximum absolute atomic E-state index is 12.2. The van der Waals surface area contributed by atoms with Crippen molar-refractivity contribution >= 4 is 23.2 Å². The molecule has 0 radical (unpaired) electrons. The second-order valence-electron chi connectivity index (χ2n) is 1.69. The highest BCUT2D eigenvalue weighted by molar-refractivity contribution is 6.31. The summed E-state index contributed by atoms with van der Waals surface area (Å²) >= 11 is 4.80. The number of hydrogen-bond donors (Lipinski definition) is 0. The minimum Gasteiger partial charge on any atom is -0.293 e. The van der Waals surface area contributed by atoms with E-state index >= 15 is 0 Å². The molecule has 0 rings (SSSR count). The van der Waals surface area contributed by atoms with Gasteiger partial charge in [0.15, 0.2) is 0 Å². The molecule has 0 amide bonds. The fourth-order valence-corrected chi connectivity index (χ4v) is 0.448. The average molecular weight is 171 g/mol. The fourth-order valence-electron chi connectivity index (χ4n) is 0.280. The number of hydrogen-bond acceptors (Lipinski definition) is 2. The molecule has 0 aromatic rings. The molecule has 0 N–H and O–H groups in total. The molecule has 0 fully saturated rings. The van der Waals surface area contributed by atoms with Crippen molar-refractivity contribution < 1.29 is 18.4 Å². The summed E-state index contributed by atoms with van der Waals surface area (Å²) in [6, 6.07) is 0. The molecule has 0 saturated carbocycles. The number of Topliss-reactive ketones (excluding diaryl/α,β-unsaturated/α-hetero) is 2. The summed E-state index contributed by atoms with van der Waals surface area (Å²) in [7, 11) is 0. The van der Waals surface area contributed by atoms with E-state index in [0.717, 1.165) is 0 Å². The van der Waals surface area contributed by atoms with Gasteiger partial charge in [-0.1, -0.05) is 0 Å². The molecule has 5 heteroatoms. The van der Waals surface area contributed by atoms with E-state index in [-0.39, 0.29) is 0 Å². The Labute approximate surface area is 61.2 Å². The molecule has 0 saturated heterocycles. The largest absolute Gasteiger partial charge is 0.363 e. The van der Waals surface area contributed by atoms with E-state index in [1.54, 1.807) is 0 Å². The molecule has 10 heavy (non-hydrogen) atoms. The molecule has 58 valence electrons. The maximum atomic E-state index is 12.2. The van der Waals surface area contributed by atoms with E-state index in [2.05, 4.69) is 0 Å². The zero-order chi connectivity index (χ0) is 8.36. The standard InChI is InChI=1S/C5H5ClF2O2/c1-3(9)5(7,8)4(10)2-6/h2H2,1H3. The van der Waals surface area contributed by atoms with E-state index in [0.29, 0.717) is 6.92 Å². The van der Waals surface area contributed by atoms with Gasteiger partial charge >= 0.3 is 5.92 Å². The van der Waals surface area contributed by atoms with Gasteiger partial charge in [0.1, 0.15) is 0 Å². The third-order valence-corrected chi connectivity index (χ3v) is 1.16. The first-order chi connectivity index (χ1) is 4.42. The summed E-state index contributed by atoms with van der Waals surface area (Å²) in [5.41, 5.74) is 0. The molecule has 0 atom stereocenters. The van der Waals surface area contributed by atoms with E-state index in [4.69, 9.17) is 11.6 Å². The minimum absolute atomic E-state index is 0.643. The Morgan fingerprint density at radius 1 is 1.50 bits per heavy atom. The molecule has 0 unspecified atom stereocenters. The molecule has 0 aromatic heterocycles. The van der Waals surface area contributed by atoms with Gasteiger partial charge in [0, 0.05) is 6.92 Å². The molecule has 2 nitrogen and oxygen atoms in total. The summed E-state index contributed by atoms with van der Waals surface area (Å²) in [5, 5.41) is 0. The predicted molar refractivity (Wildman–Crippen MR) is 31.4 cm³/mol. The van der Waals surface area contributed by atoms with E-state index < -0.39 is 23.4 Å². The molecule has 0 aliphatic rings. The number of carbonyl (C=O) groups excluding carboxylic acids is 2. The van der Waals surface area contributed by atoms with Crippen LogP contribution in [0.15, 0.2) is 0 Å². The van der Waals surface area contributed by atoms with Gasteiger partial charge in [-0.05, 0) is 0 Å². The first kappa shape index (κ1) is 9.49. The minimum atomic E-state index is -3.90. The van der Waals surface area contributed by atoms with Crippen molar-refractivity contribution in [2.24, 2.45) is 0 Å². The highest BCUT2D eigenvalue weighted by atomic mass is 35.5. The highest BCUT2D eigenvalue weighted by Gasteiger charge is 2.42. The Morgan fingerprint density at radius 3 is 2.00 bits per heavy atom. The van der Waals surface area contributed by atoms with Gasteiger partial charge < -0.3 is 0 Å². The Hall–Kier alpha value is -0.510. The van der Waals surface area contributed by atoms with Crippen LogP contribution in [0.5, 0.6) is 0 Å². The Balaban J connectivity index is 4.40. The Kier molecular flexibility index (Phi) is 2.90. The normalized spacial score (nSPS) is 11.2. The maximum Gasteiger partial charge on any atom is 0.363 e. The van der Waals surface area contributed by atoms with Crippen LogP contribution in [0.3, 0.4) is 0 Å². The van der Waals surface area contributed by atoms with E-state index in [9.17, 15) is 18.4 Å². The number of halogens is 3. The highest BCUT2D eigenvalue weighted by Crippen LogP contribution is 2.16. The zero-order valence-corrected chi connectivity index (χ0v) is 5.91. The second kappa shape index (κ2) is 3.05. The van der Waals surface area contributed by atoms with Crippen LogP contribution in [0.4, 0.5) is 8.78 Å². The summed E-state index contributed by atoms with van der Waals surface area (Å²) in [4.78, 5) is 20.2. The van der Waals surface area contributed by atoms with Gasteiger partial charge in [-0.25, -0.2) is 0 Å². The van der Waals surface area contributed by atoms with Crippen LogP contribution in [0, 0.1) is 0 Å². The molecule has 0 aromatic carbocycles. The topological polar surface area (TPSA) is 34.1 Å². The smallest absolute Gasteiger partial charge is 0.293 e. The van der Waals surface area contributed by atoms with Gasteiger partial charge in [-0.3, -0.25) is 9.59 Å². The third kappa shape index (κ3) is 1.73. The van der Waals surface area contributed by atoms with Gasteiger partial charge in [-0.2, -0.15) is 8.78 Å². The third-order valence-electron chi connectivity index (χ3n) is 0.914. The number of ketones is 2. The van der Waals surface area contributed by atoms with Crippen molar-refractivity contribution in [3.05, 3.63) is 0 Å². The lowest BCUT2D eigenvalue weighted by Crippen LogP contribution is -2.36. The van der Waals surface area contributed by atoms with Crippen molar-refractivity contribution in [1.82, 2.24) is 0 Å². The lowest BCUT2D eigenvalue weighted by atomic mass is 10.2. The number of alkyl halides is 3. The number of rotatable bonds is 3. The van der Waals surface area contributed by atoms with Gasteiger partial charge in [0.05, 0.1) is 5.88 Å². The van der Waals surface area contributed by atoms with Crippen molar-refractivity contribution in [2.75, 3.05) is 5.88 Å². The molecule has 0 aliphatic carbocycles. The van der Waals surface area contributed by atoms with Crippen molar-refractivity contribution in [2.45, 2.75) is 12.8 Å². The van der Waals surface area contributed by atoms with Crippen LogP contribution in [0.25, 0.3) is 0 Å². The lowest BCUT2D eigenvalue weighted by molar-refractivity contribution is -0.153. The second-order valence-corrected chi connectivity index (χ2v) is 1.95. The van der Waals surface area contributed by atoms with Crippen molar-refractivity contribution in [3.8, 4) is 0 Å². The van der Waals surface area contributed by atoms with Crippen LogP contribution < -0.4 is 0 Å². The van der Waals surface area contributed by atoms with Crippen LogP contribution >= 0.6 is 11.6 Å². The molecule has 0 spiro atoms. The van der Waals surface area contributed by atoms with Crippen LogP contribution in [-0.2, 0) is 9.59 Å². The number of carbonyl (C=O) groups is 2.